The van der Waals surface area contributed by atoms with E-state index < -0.39 is 8.07 Å². The van der Waals surface area contributed by atoms with Gasteiger partial charge in [0.25, 0.3) is 0 Å². The van der Waals surface area contributed by atoms with Crippen LogP contribution in [0.1, 0.15) is 141 Å². The second kappa shape index (κ2) is 12.8. The summed E-state index contributed by atoms with van der Waals surface area (Å²) in [6.07, 6.45) is 36.9. The third kappa shape index (κ3) is 7.09. The molecule has 0 fully saturated rings. The minimum atomic E-state index is -1.53. The third-order valence-corrected chi connectivity index (χ3v) is 13.2. The summed E-state index contributed by atoms with van der Waals surface area (Å²) in [4.78, 5) is 0. The lowest BCUT2D eigenvalue weighted by atomic mass is 9.96. The first-order chi connectivity index (χ1) is 16.1. The Morgan fingerprint density at radius 2 is 0.727 bits per heavy atom. The smallest absolute Gasteiger partial charge is 0.0721 e. The molecule has 0 spiro atoms. The molecule has 0 bridgehead atoms. The predicted molar refractivity (Wildman–Crippen MR) is 149 cm³/mol. The van der Waals surface area contributed by atoms with Gasteiger partial charge >= 0.3 is 0 Å². The van der Waals surface area contributed by atoms with Crippen LogP contribution in [-0.2, 0) is 0 Å². The second-order valence-corrected chi connectivity index (χ2v) is 16.8. The zero-order valence-electron chi connectivity index (χ0n) is 22.2. The molecule has 4 aliphatic carbocycles. The maximum atomic E-state index is 2.74. The molecule has 0 heterocycles. The lowest BCUT2D eigenvalue weighted by Crippen LogP contribution is -2.31. The zero-order chi connectivity index (χ0) is 22.9. The van der Waals surface area contributed by atoms with E-state index in [9.17, 15) is 0 Å². The van der Waals surface area contributed by atoms with Gasteiger partial charge in [-0.25, -0.2) is 0 Å². The van der Waals surface area contributed by atoms with Crippen molar-refractivity contribution in [3.05, 3.63) is 44.8 Å². The van der Waals surface area contributed by atoms with Crippen LogP contribution in [0.5, 0.6) is 0 Å². The van der Waals surface area contributed by atoms with Gasteiger partial charge in [0.15, 0.2) is 0 Å². The molecule has 0 N–H and O–H groups in total. The quantitative estimate of drug-likeness (QED) is 0.356. The third-order valence-electron chi connectivity index (χ3n) is 9.37. The van der Waals surface area contributed by atoms with Gasteiger partial charge < -0.3 is 0 Å². The Kier molecular flexibility index (Phi) is 9.77. The SMILES string of the molecule is C[Si](C)(C1=CC2=C(CCCCCCCCCC2)C1)C1=CC2=C(CCCCCCCCCC2)C1. The van der Waals surface area contributed by atoms with E-state index in [0.29, 0.717) is 0 Å². The highest BCUT2D eigenvalue weighted by Gasteiger charge is 2.36. The van der Waals surface area contributed by atoms with Crippen LogP contribution in [-0.4, -0.2) is 8.07 Å². The van der Waals surface area contributed by atoms with Gasteiger partial charge in [0.2, 0.25) is 0 Å². The molecule has 0 unspecified atom stereocenters. The molecule has 4 aliphatic rings. The van der Waals surface area contributed by atoms with Gasteiger partial charge in [-0.2, -0.15) is 0 Å². The first kappa shape index (κ1) is 25.3. The highest BCUT2D eigenvalue weighted by molar-refractivity contribution is 6.90. The number of hydrogen-bond donors (Lipinski definition) is 0. The first-order valence-electron chi connectivity index (χ1n) is 15.0. The summed E-state index contributed by atoms with van der Waals surface area (Å²) in [6, 6.07) is 0. The van der Waals surface area contributed by atoms with Gasteiger partial charge in [0.1, 0.15) is 8.07 Å². The Bertz CT molecular complexity index is 708. The van der Waals surface area contributed by atoms with E-state index in [1.807, 2.05) is 21.5 Å². The van der Waals surface area contributed by atoms with E-state index in [4.69, 9.17) is 0 Å². The van der Waals surface area contributed by atoms with Crippen molar-refractivity contribution in [3.63, 3.8) is 0 Å². The fourth-order valence-corrected chi connectivity index (χ4v) is 9.64. The molecule has 184 valence electrons. The molecule has 0 aromatic rings. The lowest BCUT2D eigenvalue weighted by molar-refractivity contribution is 0.559. The van der Waals surface area contributed by atoms with E-state index in [1.165, 1.54) is 141 Å². The standard InChI is InChI=1S/C32H52Si/c1-33(2,31-23-27-19-15-11-7-3-4-8-12-16-20-28(27)24-31)32-25-29-21-17-13-9-5-6-10-14-18-22-30(29)26-32/h23,25H,3-22,24,26H2,1-2H3. The largest absolute Gasteiger partial charge is 0.103 e. The first-order valence-corrected chi connectivity index (χ1v) is 18.0. The lowest BCUT2D eigenvalue weighted by Gasteiger charge is -2.27. The van der Waals surface area contributed by atoms with Gasteiger partial charge in [-0.3, -0.25) is 0 Å². The van der Waals surface area contributed by atoms with Crippen molar-refractivity contribution in [2.45, 2.75) is 154 Å². The second-order valence-electron chi connectivity index (χ2n) is 12.2. The molecule has 0 nitrogen and oxygen atoms in total. The summed E-state index contributed by atoms with van der Waals surface area (Å²) < 4.78 is 0. The minimum absolute atomic E-state index is 1.33. The number of allylic oxidation sites excluding steroid dienone is 8. The predicted octanol–water partition coefficient (Wildman–Crippen LogP) is 10.9. The summed E-state index contributed by atoms with van der Waals surface area (Å²) in [5.74, 6) is 0. The summed E-state index contributed by atoms with van der Waals surface area (Å²) in [6.45, 7) is 5.38. The fourth-order valence-electron chi connectivity index (χ4n) is 6.85. The molecule has 0 aromatic carbocycles. The Hall–Kier alpha value is -0.823. The van der Waals surface area contributed by atoms with Crippen molar-refractivity contribution in [1.82, 2.24) is 0 Å². The van der Waals surface area contributed by atoms with Gasteiger partial charge in [-0.15, -0.1) is 0 Å². The highest BCUT2D eigenvalue weighted by Crippen LogP contribution is 2.44. The van der Waals surface area contributed by atoms with Crippen molar-refractivity contribution in [1.29, 1.82) is 0 Å². The molecule has 0 atom stereocenters. The van der Waals surface area contributed by atoms with E-state index in [0.717, 1.165) is 0 Å². The molecule has 0 radical (unpaired) electrons. The summed E-state index contributed by atoms with van der Waals surface area (Å²) in [7, 11) is -1.53. The molecule has 1 heteroatoms. The molecular formula is C32H52Si. The van der Waals surface area contributed by atoms with Crippen LogP contribution in [0.15, 0.2) is 44.8 Å². The molecule has 33 heavy (non-hydrogen) atoms. The Balaban J connectivity index is 1.44. The van der Waals surface area contributed by atoms with Gasteiger partial charge in [-0.05, 0) is 75.4 Å². The highest BCUT2D eigenvalue weighted by atomic mass is 28.3. The fraction of sp³-hybridized carbons (Fsp3) is 0.750. The Labute approximate surface area is 207 Å². The molecular weight excluding hydrogens is 412 g/mol. The van der Waals surface area contributed by atoms with Crippen molar-refractivity contribution in [2.75, 3.05) is 0 Å². The maximum Gasteiger partial charge on any atom is 0.103 e. The summed E-state index contributed by atoms with van der Waals surface area (Å²) in [5.41, 5.74) is 7.24. The van der Waals surface area contributed by atoms with Crippen molar-refractivity contribution in [2.24, 2.45) is 0 Å². The van der Waals surface area contributed by atoms with Gasteiger partial charge in [0.05, 0.1) is 0 Å². The Morgan fingerprint density at radius 3 is 1.09 bits per heavy atom. The van der Waals surface area contributed by atoms with E-state index in [1.54, 1.807) is 11.1 Å². The van der Waals surface area contributed by atoms with Crippen LogP contribution < -0.4 is 0 Å². The molecule has 0 saturated heterocycles. The van der Waals surface area contributed by atoms with Gasteiger partial charge in [0, 0.05) is 0 Å². The van der Waals surface area contributed by atoms with Crippen LogP contribution in [0.2, 0.25) is 13.1 Å². The van der Waals surface area contributed by atoms with Crippen LogP contribution in [0, 0.1) is 0 Å². The maximum absolute atomic E-state index is 2.74. The summed E-state index contributed by atoms with van der Waals surface area (Å²) in [5, 5.41) is 3.74. The van der Waals surface area contributed by atoms with Crippen LogP contribution in [0.4, 0.5) is 0 Å². The molecule has 0 aliphatic heterocycles. The topological polar surface area (TPSA) is 0 Å². The van der Waals surface area contributed by atoms with Crippen LogP contribution in [0.25, 0.3) is 0 Å². The van der Waals surface area contributed by atoms with Gasteiger partial charge in [-0.1, -0.05) is 124 Å². The van der Waals surface area contributed by atoms with Crippen molar-refractivity contribution in [3.8, 4) is 0 Å². The molecule has 0 aromatic heterocycles. The Morgan fingerprint density at radius 1 is 0.424 bits per heavy atom. The minimum Gasteiger partial charge on any atom is -0.0721 e. The average molecular weight is 465 g/mol. The number of hydrogen-bond acceptors (Lipinski definition) is 0. The molecule has 4 rings (SSSR count). The average Bonchev–Trinajstić information content (AvgIpc) is 3.39. The molecule has 0 amide bonds. The van der Waals surface area contributed by atoms with Crippen LogP contribution >= 0.6 is 0 Å². The van der Waals surface area contributed by atoms with Crippen LogP contribution in [0.3, 0.4) is 0 Å². The zero-order valence-corrected chi connectivity index (χ0v) is 23.2. The number of rotatable bonds is 2. The van der Waals surface area contributed by atoms with E-state index >= 15 is 0 Å². The molecule has 0 saturated carbocycles. The van der Waals surface area contributed by atoms with Crippen molar-refractivity contribution >= 4 is 8.07 Å². The monoisotopic (exact) mass is 464 g/mol. The summed E-state index contributed by atoms with van der Waals surface area (Å²) >= 11 is 0. The van der Waals surface area contributed by atoms with E-state index in [-0.39, 0.29) is 0 Å². The normalized spacial score (nSPS) is 25.2. The van der Waals surface area contributed by atoms with E-state index in [2.05, 4.69) is 25.2 Å². The van der Waals surface area contributed by atoms with Crippen molar-refractivity contribution < 1.29 is 0 Å².